The quantitative estimate of drug-likeness (QED) is 0.920. The van der Waals surface area contributed by atoms with Gasteiger partial charge in [0.15, 0.2) is 5.82 Å². The second-order valence-corrected chi connectivity index (χ2v) is 4.78. The van der Waals surface area contributed by atoms with Gasteiger partial charge in [-0.3, -0.25) is 0 Å². The molecule has 0 fully saturated rings. The maximum atomic E-state index is 5.84. The minimum absolute atomic E-state index is 0.460. The Labute approximate surface area is 113 Å². The lowest BCUT2D eigenvalue weighted by molar-refractivity contribution is 0.996. The summed E-state index contributed by atoms with van der Waals surface area (Å²) in [4.78, 5) is 8.73. The van der Waals surface area contributed by atoms with Crippen molar-refractivity contribution in [2.45, 2.75) is 13.3 Å². The molecule has 0 saturated carbocycles. The third-order valence-electron chi connectivity index (χ3n) is 2.38. The van der Waals surface area contributed by atoms with E-state index in [0.29, 0.717) is 16.7 Å². The zero-order valence-electron chi connectivity index (χ0n) is 9.24. The summed E-state index contributed by atoms with van der Waals surface area (Å²) >= 11 is 9.23. The first-order chi connectivity index (χ1) is 8.11. The van der Waals surface area contributed by atoms with Crippen LogP contribution in [-0.2, 0) is 6.42 Å². The van der Waals surface area contributed by atoms with Crippen molar-refractivity contribution in [1.82, 2.24) is 9.97 Å². The molecule has 1 aromatic heterocycles. The molecule has 1 aromatic carbocycles. The van der Waals surface area contributed by atoms with Gasteiger partial charge in [0.05, 0.1) is 10.2 Å². The first-order valence-electron chi connectivity index (χ1n) is 5.19. The molecule has 3 nitrogen and oxygen atoms in total. The molecular weight excluding hydrogens is 302 g/mol. The standard InChI is InChI=1S/C12H11BrClN3/c1-2-9-10(13)11(15)17-12(16-9)7-3-5-8(14)6-4-7/h3-6H,2H2,1H3,(H2,15,16,17). The van der Waals surface area contributed by atoms with Gasteiger partial charge < -0.3 is 5.73 Å². The number of hydrogen-bond donors (Lipinski definition) is 1. The lowest BCUT2D eigenvalue weighted by atomic mass is 10.2. The molecule has 88 valence electrons. The minimum atomic E-state index is 0.460. The third-order valence-corrected chi connectivity index (χ3v) is 3.50. The molecule has 17 heavy (non-hydrogen) atoms. The lowest BCUT2D eigenvalue weighted by Crippen LogP contribution is -2.02. The SMILES string of the molecule is CCc1nc(-c2ccc(Cl)cc2)nc(N)c1Br. The van der Waals surface area contributed by atoms with Crippen molar-refractivity contribution >= 4 is 33.3 Å². The van der Waals surface area contributed by atoms with Crippen LogP contribution < -0.4 is 5.73 Å². The maximum Gasteiger partial charge on any atom is 0.161 e. The van der Waals surface area contributed by atoms with Crippen LogP contribution in [0.25, 0.3) is 11.4 Å². The zero-order chi connectivity index (χ0) is 12.4. The molecule has 0 amide bonds. The van der Waals surface area contributed by atoms with E-state index in [0.717, 1.165) is 22.2 Å². The lowest BCUT2D eigenvalue weighted by Gasteiger charge is -2.07. The number of rotatable bonds is 2. The van der Waals surface area contributed by atoms with Crippen LogP contribution in [0.15, 0.2) is 28.7 Å². The minimum Gasteiger partial charge on any atom is -0.383 e. The topological polar surface area (TPSA) is 51.8 Å². The molecule has 0 radical (unpaired) electrons. The van der Waals surface area contributed by atoms with Gasteiger partial charge in [-0.1, -0.05) is 18.5 Å². The summed E-state index contributed by atoms with van der Waals surface area (Å²) in [7, 11) is 0. The van der Waals surface area contributed by atoms with Crippen molar-refractivity contribution < 1.29 is 0 Å². The van der Waals surface area contributed by atoms with E-state index in [1.165, 1.54) is 0 Å². The Kier molecular flexibility index (Phi) is 3.64. The van der Waals surface area contributed by atoms with Crippen molar-refractivity contribution in [2.75, 3.05) is 5.73 Å². The Hall–Kier alpha value is -1.13. The number of nitrogen functional groups attached to an aromatic ring is 1. The number of anilines is 1. The molecule has 0 aliphatic heterocycles. The summed E-state index contributed by atoms with van der Waals surface area (Å²) in [6.45, 7) is 2.03. The molecule has 2 aromatic rings. The smallest absolute Gasteiger partial charge is 0.161 e. The summed E-state index contributed by atoms with van der Waals surface area (Å²) in [5.74, 6) is 1.08. The van der Waals surface area contributed by atoms with Gasteiger partial charge in [0, 0.05) is 10.6 Å². The number of aromatic nitrogens is 2. The van der Waals surface area contributed by atoms with Crippen molar-refractivity contribution in [1.29, 1.82) is 0 Å². The molecule has 0 spiro atoms. The Bertz CT molecular complexity index is 540. The van der Waals surface area contributed by atoms with E-state index >= 15 is 0 Å². The largest absolute Gasteiger partial charge is 0.383 e. The van der Waals surface area contributed by atoms with Gasteiger partial charge in [0.1, 0.15) is 5.82 Å². The maximum absolute atomic E-state index is 5.84. The average Bonchev–Trinajstić information content (AvgIpc) is 2.33. The molecule has 0 unspecified atom stereocenters. The van der Waals surface area contributed by atoms with Crippen LogP contribution in [0.2, 0.25) is 5.02 Å². The Balaban J connectivity index is 2.52. The predicted octanol–water partition coefficient (Wildman–Crippen LogP) is 3.70. The molecule has 0 atom stereocenters. The van der Waals surface area contributed by atoms with Crippen LogP contribution >= 0.6 is 27.5 Å². The third kappa shape index (κ3) is 2.58. The van der Waals surface area contributed by atoms with E-state index in [4.69, 9.17) is 17.3 Å². The van der Waals surface area contributed by atoms with Gasteiger partial charge in [0.25, 0.3) is 0 Å². The second-order valence-electron chi connectivity index (χ2n) is 3.55. The Morgan fingerprint density at radius 3 is 2.47 bits per heavy atom. The van der Waals surface area contributed by atoms with Crippen molar-refractivity contribution in [3.63, 3.8) is 0 Å². The van der Waals surface area contributed by atoms with Gasteiger partial charge in [0.2, 0.25) is 0 Å². The average molecular weight is 313 g/mol. The van der Waals surface area contributed by atoms with Crippen molar-refractivity contribution in [3.05, 3.63) is 39.5 Å². The van der Waals surface area contributed by atoms with E-state index in [1.54, 1.807) is 0 Å². The molecule has 0 aliphatic rings. The zero-order valence-corrected chi connectivity index (χ0v) is 11.6. The number of hydrogen-bond acceptors (Lipinski definition) is 3. The first-order valence-corrected chi connectivity index (χ1v) is 6.36. The summed E-state index contributed by atoms with van der Waals surface area (Å²) in [5, 5.41) is 0.689. The van der Waals surface area contributed by atoms with Crippen LogP contribution in [0.4, 0.5) is 5.82 Å². The monoisotopic (exact) mass is 311 g/mol. The van der Waals surface area contributed by atoms with E-state index in [-0.39, 0.29) is 0 Å². The van der Waals surface area contributed by atoms with Gasteiger partial charge in [-0.15, -0.1) is 0 Å². The van der Waals surface area contributed by atoms with Crippen molar-refractivity contribution in [3.8, 4) is 11.4 Å². The van der Waals surface area contributed by atoms with Gasteiger partial charge in [-0.2, -0.15) is 0 Å². The highest BCUT2D eigenvalue weighted by Gasteiger charge is 2.09. The number of nitrogens with zero attached hydrogens (tertiary/aromatic N) is 2. The molecular formula is C12H11BrClN3. The van der Waals surface area contributed by atoms with E-state index in [9.17, 15) is 0 Å². The van der Waals surface area contributed by atoms with E-state index < -0.39 is 0 Å². The molecule has 0 saturated heterocycles. The second kappa shape index (κ2) is 5.02. The van der Waals surface area contributed by atoms with Gasteiger partial charge in [-0.05, 0) is 46.6 Å². The van der Waals surface area contributed by atoms with Gasteiger partial charge in [-0.25, -0.2) is 9.97 Å². The molecule has 0 aliphatic carbocycles. The fourth-order valence-electron chi connectivity index (χ4n) is 1.48. The van der Waals surface area contributed by atoms with Crippen LogP contribution in [0, 0.1) is 0 Å². The van der Waals surface area contributed by atoms with Crippen LogP contribution in [0.5, 0.6) is 0 Å². The number of benzene rings is 1. The van der Waals surface area contributed by atoms with E-state index in [2.05, 4.69) is 25.9 Å². The Morgan fingerprint density at radius 2 is 1.88 bits per heavy atom. The first kappa shape index (κ1) is 12.3. The number of aryl methyl sites for hydroxylation is 1. The fraction of sp³-hybridized carbons (Fsp3) is 0.167. The summed E-state index contributed by atoms with van der Waals surface area (Å²) in [6.07, 6.45) is 0.799. The molecule has 5 heteroatoms. The summed E-state index contributed by atoms with van der Waals surface area (Å²) < 4.78 is 0.776. The highest BCUT2D eigenvalue weighted by atomic mass is 79.9. The summed E-state index contributed by atoms with van der Waals surface area (Å²) in [5.41, 5.74) is 7.65. The van der Waals surface area contributed by atoms with Crippen molar-refractivity contribution in [2.24, 2.45) is 0 Å². The van der Waals surface area contributed by atoms with Crippen LogP contribution in [-0.4, -0.2) is 9.97 Å². The Morgan fingerprint density at radius 1 is 1.24 bits per heavy atom. The number of nitrogens with two attached hydrogens (primary N) is 1. The van der Waals surface area contributed by atoms with E-state index in [1.807, 2.05) is 31.2 Å². The van der Waals surface area contributed by atoms with Gasteiger partial charge >= 0.3 is 0 Å². The highest BCUT2D eigenvalue weighted by molar-refractivity contribution is 9.10. The normalized spacial score (nSPS) is 10.5. The molecule has 2 rings (SSSR count). The summed E-state index contributed by atoms with van der Waals surface area (Å²) in [6, 6.07) is 7.38. The molecule has 0 bridgehead atoms. The van der Waals surface area contributed by atoms with Crippen LogP contribution in [0.1, 0.15) is 12.6 Å². The molecule has 1 heterocycles. The predicted molar refractivity (Wildman–Crippen MR) is 74.0 cm³/mol. The number of halogens is 2. The molecule has 2 N–H and O–H groups in total. The highest BCUT2D eigenvalue weighted by Crippen LogP contribution is 2.26. The fourth-order valence-corrected chi connectivity index (χ4v) is 2.06. The van der Waals surface area contributed by atoms with Crippen LogP contribution in [0.3, 0.4) is 0 Å².